The average Bonchev–Trinajstić information content (AvgIpc) is 3.95. The summed E-state index contributed by atoms with van der Waals surface area (Å²) in [5.74, 6) is 0.175. The number of carbonyl (C=O) groups excluding carboxylic acids is 4. The van der Waals surface area contributed by atoms with E-state index in [0.29, 0.717) is 63.5 Å². The minimum absolute atomic E-state index is 0. The first-order valence-corrected chi connectivity index (χ1v) is 21.5. The summed E-state index contributed by atoms with van der Waals surface area (Å²) >= 11 is 0. The maximum atomic E-state index is 13.2. The lowest BCUT2D eigenvalue weighted by atomic mass is 10.0. The summed E-state index contributed by atoms with van der Waals surface area (Å²) in [6.07, 6.45) is 8.89. The third-order valence-corrected chi connectivity index (χ3v) is 11.1. The van der Waals surface area contributed by atoms with Crippen molar-refractivity contribution >= 4 is 48.4 Å². The molecule has 6 rings (SSSR count). The summed E-state index contributed by atoms with van der Waals surface area (Å²) in [4.78, 5) is 64.3. The van der Waals surface area contributed by atoms with Gasteiger partial charge in [0.25, 0.3) is 0 Å². The zero-order valence-electron chi connectivity index (χ0n) is 36.5. The van der Waals surface area contributed by atoms with Crippen molar-refractivity contribution in [3.8, 4) is 0 Å². The van der Waals surface area contributed by atoms with Crippen molar-refractivity contribution in [3.63, 3.8) is 0 Å². The molecule has 2 aliphatic heterocycles. The van der Waals surface area contributed by atoms with Gasteiger partial charge in [-0.05, 0) is 85.8 Å². The van der Waals surface area contributed by atoms with Gasteiger partial charge in [-0.2, -0.15) is 0 Å². The molecule has 336 valence electrons. The smallest absolute Gasteiger partial charge is 0.243 e. The monoisotopic (exact) mass is 888 g/mol. The molecule has 0 spiro atoms. The highest BCUT2D eigenvalue weighted by atomic mass is 35.5. The van der Waals surface area contributed by atoms with E-state index in [1.807, 2.05) is 125 Å². The Morgan fingerprint density at radius 1 is 0.581 bits per heavy atom. The third kappa shape index (κ3) is 15.2. The lowest BCUT2D eigenvalue weighted by molar-refractivity contribution is -0.140. The van der Waals surface area contributed by atoms with Crippen LogP contribution in [-0.4, -0.2) is 80.7 Å². The van der Waals surface area contributed by atoms with Crippen LogP contribution in [0.1, 0.15) is 101 Å². The van der Waals surface area contributed by atoms with Gasteiger partial charge < -0.3 is 31.9 Å². The van der Waals surface area contributed by atoms with E-state index in [-0.39, 0.29) is 60.5 Å². The lowest BCUT2D eigenvalue weighted by Crippen LogP contribution is -2.52. The van der Waals surface area contributed by atoms with E-state index in [0.717, 1.165) is 35.4 Å². The molecule has 4 amide bonds. The Balaban J connectivity index is 0.000000320. The van der Waals surface area contributed by atoms with Gasteiger partial charge in [-0.15, -0.1) is 24.8 Å². The quantitative estimate of drug-likeness (QED) is 0.0982. The molecule has 2 fully saturated rings. The zero-order valence-corrected chi connectivity index (χ0v) is 38.1. The number of hydrogen-bond acceptors (Lipinski definition) is 8. The van der Waals surface area contributed by atoms with Crippen LogP contribution < -0.4 is 22.1 Å². The molecule has 6 atom stereocenters. The van der Waals surface area contributed by atoms with Crippen molar-refractivity contribution in [2.45, 2.75) is 115 Å². The van der Waals surface area contributed by atoms with Gasteiger partial charge in [0.2, 0.25) is 23.6 Å². The third-order valence-electron chi connectivity index (χ3n) is 11.1. The Morgan fingerprint density at radius 2 is 0.935 bits per heavy atom. The first-order chi connectivity index (χ1) is 28.9. The normalized spacial score (nSPS) is 17.7. The molecule has 62 heavy (non-hydrogen) atoms. The van der Waals surface area contributed by atoms with E-state index in [4.69, 9.17) is 11.5 Å². The van der Waals surface area contributed by atoms with Gasteiger partial charge in [-0.1, -0.05) is 100 Å². The van der Waals surface area contributed by atoms with Crippen LogP contribution in [0, 0.1) is 11.8 Å². The molecular formula is C48H66Cl2N8O4. The van der Waals surface area contributed by atoms with Gasteiger partial charge in [-0.25, -0.2) is 0 Å². The van der Waals surface area contributed by atoms with Crippen molar-refractivity contribution in [2.24, 2.45) is 23.3 Å². The predicted octanol–water partition coefficient (Wildman–Crippen LogP) is 6.54. The molecule has 4 heterocycles. The largest absolute Gasteiger partial charge is 0.347 e. The lowest BCUT2D eigenvalue weighted by Gasteiger charge is -2.29. The highest BCUT2D eigenvalue weighted by Gasteiger charge is 2.38. The molecule has 14 heteroatoms. The minimum Gasteiger partial charge on any atom is -0.347 e. The fraction of sp³-hybridized carbons (Fsp3) is 0.458. The number of amides is 4. The summed E-state index contributed by atoms with van der Waals surface area (Å²) in [6.45, 7) is 9.34. The number of halogens is 2. The van der Waals surface area contributed by atoms with Crippen LogP contribution in [-0.2, 0) is 32.0 Å². The van der Waals surface area contributed by atoms with E-state index in [2.05, 4.69) is 20.6 Å². The van der Waals surface area contributed by atoms with Gasteiger partial charge in [0.15, 0.2) is 0 Å². The predicted molar refractivity (Wildman–Crippen MR) is 249 cm³/mol. The van der Waals surface area contributed by atoms with Crippen LogP contribution in [0.2, 0.25) is 0 Å². The van der Waals surface area contributed by atoms with Crippen molar-refractivity contribution < 1.29 is 19.2 Å². The molecule has 0 radical (unpaired) electrons. The van der Waals surface area contributed by atoms with Gasteiger partial charge in [0, 0.05) is 49.7 Å². The minimum atomic E-state index is -0.558. The SMILES string of the molecule is CC(C)C[C@H](N)C(=O)N1CCC[C@H]1C(=O)N[C@@H](Cc1ccccn1)c1ccccc1.CC(C)C[C@H](N)C(=O)N1CCC[C@H]1C(=O)N[C@@H](Cc1ccccn1)c1ccccc1.Cl.Cl. The Kier molecular flexibility index (Phi) is 21.5. The molecule has 4 aromatic rings. The maximum Gasteiger partial charge on any atom is 0.243 e. The summed E-state index contributed by atoms with van der Waals surface area (Å²) in [6, 6.07) is 28.9. The highest BCUT2D eigenvalue weighted by molar-refractivity contribution is 5.91. The second kappa shape index (κ2) is 25.9. The number of rotatable bonds is 16. The van der Waals surface area contributed by atoms with Crippen molar-refractivity contribution in [1.82, 2.24) is 30.4 Å². The molecular weight excluding hydrogens is 823 g/mol. The number of nitrogens with one attached hydrogen (secondary N) is 2. The number of benzene rings is 2. The first kappa shape index (κ1) is 51.5. The van der Waals surface area contributed by atoms with Gasteiger partial charge in [0.1, 0.15) is 12.1 Å². The molecule has 0 bridgehead atoms. The van der Waals surface area contributed by atoms with E-state index in [1.54, 1.807) is 22.2 Å². The topological polar surface area (TPSA) is 177 Å². The number of likely N-dealkylation sites (tertiary alicyclic amines) is 2. The second-order valence-corrected chi connectivity index (χ2v) is 16.8. The van der Waals surface area contributed by atoms with Gasteiger partial charge >= 0.3 is 0 Å². The molecule has 0 saturated carbocycles. The number of carbonyl (C=O) groups is 4. The summed E-state index contributed by atoms with van der Waals surface area (Å²) in [7, 11) is 0. The van der Waals surface area contributed by atoms with E-state index in [9.17, 15) is 19.2 Å². The maximum absolute atomic E-state index is 13.2. The van der Waals surface area contributed by atoms with E-state index >= 15 is 0 Å². The first-order valence-electron chi connectivity index (χ1n) is 21.5. The van der Waals surface area contributed by atoms with Crippen molar-refractivity contribution in [2.75, 3.05) is 13.1 Å². The van der Waals surface area contributed by atoms with E-state index < -0.39 is 24.2 Å². The molecule has 2 aromatic carbocycles. The Morgan fingerprint density at radius 3 is 1.26 bits per heavy atom. The second-order valence-electron chi connectivity index (χ2n) is 16.8. The fourth-order valence-corrected chi connectivity index (χ4v) is 8.12. The molecule has 2 aliphatic rings. The van der Waals surface area contributed by atoms with Crippen LogP contribution >= 0.6 is 24.8 Å². The van der Waals surface area contributed by atoms with Gasteiger partial charge in [-0.3, -0.25) is 29.1 Å². The van der Waals surface area contributed by atoms with Crippen LogP contribution in [0.3, 0.4) is 0 Å². The molecule has 6 N–H and O–H groups in total. The van der Waals surface area contributed by atoms with Crippen LogP contribution in [0.4, 0.5) is 0 Å². The number of aromatic nitrogens is 2. The Hall–Kier alpha value is -4.88. The van der Waals surface area contributed by atoms with E-state index in [1.165, 1.54) is 0 Å². The molecule has 2 aromatic heterocycles. The number of hydrogen-bond donors (Lipinski definition) is 4. The summed E-state index contributed by atoms with van der Waals surface area (Å²) < 4.78 is 0. The fourth-order valence-electron chi connectivity index (χ4n) is 8.12. The summed E-state index contributed by atoms with van der Waals surface area (Å²) in [5.41, 5.74) is 16.1. The van der Waals surface area contributed by atoms with Crippen LogP contribution in [0.5, 0.6) is 0 Å². The molecule has 12 nitrogen and oxygen atoms in total. The van der Waals surface area contributed by atoms with Crippen molar-refractivity contribution in [1.29, 1.82) is 0 Å². The zero-order chi connectivity index (χ0) is 43.0. The van der Waals surface area contributed by atoms with Crippen LogP contribution in [0.15, 0.2) is 109 Å². The Labute approximate surface area is 380 Å². The average molecular weight is 890 g/mol. The molecule has 2 saturated heterocycles. The van der Waals surface area contributed by atoms with Gasteiger partial charge in [0.05, 0.1) is 24.2 Å². The standard InChI is InChI=1S/2C24H32N4O2.2ClH/c2*1-17(2)15-20(25)24(30)28-14-8-12-22(28)23(29)27-21(18-9-4-3-5-10-18)16-19-11-6-7-13-26-19;;/h2*3-7,9-11,13,17,20-22H,8,12,14-16,25H2,1-2H3,(H,27,29);2*1H/t2*20-,21-,22-;;/m00../s1. The van der Waals surface area contributed by atoms with Crippen molar-refractivity contribution in [3.05, 3.63) is 132 Å². The molecule has 0 unspecified atom stereocenters. The number of pyridine rings is 2. The van der Waals surface area contributed by atoms with Crippen LogP contribution in [0.25, 0.3) is 0 Å². The highest BCUT2D eigenvalue weighted by Crippen LogP contribution is 2.25. The molecule has 0 aliphatic carbocycles. The number of nitrogens with two attached hydrogens (primary N) is 2. The Bertz CT molecular complexity index is 1800. The number of nitrogens with zero attached hydrogens (tertiary/aromatic N) is 4. The summed E-state index contributed by atoms with van der Waals surface area (Å²) in [5, 5.41) is 6.35.